The fourth-order valence-corrected chi connectivity index (χ4v) is 4.44. The molecule has 0 bridgehead atoms. The molecule has 0 saturated carbocycles. The van der Waals surface area contributed by atoms with Crippen molar-refractivity contribution in [2.45, 2.75) is 18.4 Å². The minimum Gasteiger partial charge on any atom is -0.480 e. The number of carbonyl (C=O) groups is 3. The molecular weight excluding hydrogens is 440 g/mol. The van der Waals surface area contributed by atoms with Crippen molar-refractivity contribution >= 4 is 29.4 Å². The third-order valence-electron chi connectivity index (χ3n) is 5.79. The number of carbonyl (C=O) groups excluding carboxylic acids is 2. The van der Waals surface area contributed by atoms with E-state index in [2.05, 4.69) is 5.32 Å². The van der Waals surface area contributed by atoms with E-state index in [4.69, 9.17) is 11.6 Å². The maximum absolute atomic E-state index is 13.5. The monoisotopic (exact) mass is 462 g/mol. The molecule has 1 aliphatic heterocycles. The van der Waals surface area contributed by atoms with Crippen LogP contribution in [0.15, 0.2) is 78.9 Å². The molecule has 0 radical (unpaired) electrons. The molecule has 6 nitrogen and oxygen atoms in total. The van der Waals surface area contributed by atoms with Crippen LogP contribution in [0.1, 0.15) is 39.0 Å². The van der Waals surface area contributed by atoms with Crippen LogP contribution in [0, 0.1) is 0 Å². The average Bonchev–Trinajstić information content (AvgIpc) is 2.82. The number of hydrogen-bond donors (Lipinski definition) is 2. The summed E-state index contributed by atoms with van der Waals surface area (Å²) in [7, 11) is 0. The van der Waals surface area contributed by atoms with Crippen molar-refractivity contribution in [3.63, 3.8) is 0 Å². The highest BCUT2D eigenvalue weighted by molar-refractivity contribution is 6.30. The number of carboxylic acids is 1. The Morgan fingerprint density at radius 3 is 2.30 bits per heavy atom. The van der Waals surface area contributed by atoms with Gasteiger partial charge in [0.05, 0.1) is 12.0 Å². The molecule has 1 heterocycles. The molecule has 0 fully saturated rings. The van der Waals surface area contributed by atoms with E-state index in [9.17, 15) is 19.5 Å². The summed E-state index contributed by atoms with van der Waals surface area (Å²) >= 11 is 6.05. The van der Waals surface area contributed by atoms with Gasteiger partial charge in [0, 0.05) is 17.1 Å². The molecule has 0 saturated heterocycles. The molecule has 168 valence electrons. The third kappa shape index (κ3) is 4.91. The van der Waals surface area contributed by atoms with Crippen LogP contribution in [0.4, 0.5) is 0 Å². The van der Waals surface area contributed by atoms with Crippen LogP contribution in [0.2, 0.25) is 5.02 Å². The summed E-state index contributed by atoms with van der Waals surface area (Å²) in [6.07, 6.45) is 0.657. The molecule has 3 aromatic rings. The number of halogens is 1. The maximum atomic E-state index is 13.5. The zero-order valence-corrected chi connectivity index (χ0v) is 18.5. The topological polar surface area (TPSA) is 86.7 Å². The molecule has 4 rings (SSSR count). The van der Waals surface area contributed by atoms with Gasteiger partial charge in [-0.15, -0.1) is 0 Å². The summed E-state index contributed by atoms with van der Waals surface area (Å²) in [5, 5.41) is 13.0. The van der Waals surface area contributed by atoms with Crippen molar-refractivity contribution in [3.8, 4) is 0 Å². The van der Waals surface area contributed by atoms with Crippen molar-refractivity contribution < 1.29 is 19.5 Å². The Balaban J connectivity index is 1.71. The Labute approximate surface area is 196 Å². The third-order valence-corrected chi connectivity index (χ3v) is 6.05. The van der Waals surface area contributed by atoms with Crippen molar-refractivity contribution in [3.05, 3.63) is 106 Å². The van der Waals surface area contributed by atoms with Gasteiger partial charge in [-0.05, 0) is 41.3 Å². The van der Waals surface area contributed by atoms with Gasteiger partial charge < -0.3 is 15.3 Å². The molecule has 2 atom stereocenters. The Hall–Kier alpha value is -3.64. The highest BCUT2D eigenvalue weighted by atomic mass is 35.5. The summed E-state index contributed by atoms with van der Waals surface area (Å²) in [5.74, 6) is -2.59. The van der Waals surface area contributed by atoms with Crippen LogP contribution in [-0.4, -0.2) is 40.9 Å². The van der Waals surface area contributed by atoms with E-state index in [1.54, 1.807) is 48.5 Å². The van der Waals surface area contributed by atoms with Gasteiger partial charge in [0.25, 0.3) is 5.91 Å². The SMILES string of the molecule is O=C(O)CN1C(=O)c2ccccc2[C@@H](C(=O)NCCc2ccccc2)[C@@H]1c1ccc(Cl)cc1. The van der Waals surface area contributed by atoms with Crippen LogP contribution < -0.4 is 5.32 Å². The minimum absolute atomic E-state index is 0.263. The molecule has 0 unspecified atom stereocenters. The molecule has 0 aliphatic carbocycles. The van der Waals surface area contributed by atoms with Crippen molar-refractivity contribution in [2.24, 2.45) is 0 Å². The fraction of sp³-hybridized carbons (Fsp3) is 0.192. The van der Waals surface area contributed by atoms with E-state index in [0.29, 0.717) is 34.7 Å². The lowest BCUT2D eigenvalue weighted by Gasteiger charge is -2.41. The van der Waals surface area contributed by atoms with Crippen LogP contribution >= 0.6 is 11.6 Å². The number of nitrogens with one attached hydrogen (secondary N) is 1. The zero-order chi connectivity index (χ0) is 23.4. The molecular formula is C26H23ClN2O4. The van der Waals surface area contributed by atoms with Gasteiger partial charge in [0.1, 0.15) is 6.54 Å². The number of carboxylic acid groups (broad SMARTS) is 1. The highest BCUT2D eigenvalue weighted by Crippen LogP contribution is 2.43. The van der Waals surface area contributed by atoms with Gasteiger partial charge in [0.2, 0.25) is 5.91 Å². The second-order valence-corrected chi connectivity index (χ2v) is 8.35. The molecule has 7 heteroatoms. The predicted octanol–water partition coefficient (Wildman–Crippen LogP) is 4.06. The normalized spacial score (nSPS) is 17.4. The number of benzene rings is 3. The first-order chi connectivity index (χ1) is 16.0. The van der Waals surface area contributed by atoms with Crippen LogP contribution in [0.25, 0.3) is 0 Å². The summed E-state index contributed by atoms with van der Waals surface area (Å²) < 4.78 is 0. The number of fused-ring (bicyclic) bond motifs is 1. The Morgan fingerprint density at radius 1 is 0.939 bits per heavy atom. The lowest BCUT2D eigenvalue weighted by atomic mass is 9.79. The molecule has 0 aromatic heterocycles. The summed E-state index contributed by atoms with van der Waals surface area (Å²) in [6, 6.07) is 22.7. The maximum Gasteiger partial charge on any atom is 0.323 e. The van der Waals surface area contributed by atoms with Gasteiger partial charge in [-0.3, -0.25) is 14.4 Å². The lowest BCUT2D eigenvalue weighted by Crippen LogP contribution is -2.49. The summed E-state index contributed by atoms with van der Waals surface area (Å²) in [4.78, 5) is 39.7. The highest BCUT2D eigenvalue weighted by Gasteiger charge is 2.44. The van der Waals surface area contributed by atoms with Crippen molar-refractivity contribution in [1.29, 1.82) is 0 Å². The second kappa shape index (κ2) is 9.88. The van der Waals surface area contributed by atoms with Gasteiger partial charge in [-0.25, -0.2) is 0 Å². The molecule has 3 aromatic carbocycles. The van der Waals surface area contributed by atoms with E-state index in [-0.39, 0.29) is 5.91 Å². The first-order valence-corrected chi connectivity index (χ1v) is 11.0. The molecule has 33 heavy (non-hydrogen) atoms. The van der Waals surface area contributed by atoms with E-state index in [0.717, 1.165) is 5.56 Å². The van der Waals surface area contributed by atoms with Crippen molar-refractivity contribution in [1.82, 2.24) is 10.2 Å². The molecule has 0 spiro atoms. The summed E-state index contributed by atoms with van der Waals surface area (Å²) in [6.45, 7) is -0.101. The van der Waals surface area contributed by atoms with Gasteiger partial charge in [-0.2, -0.15) is 0 Å². The molecule has 2 amide bonds. The minimum atomic E-state index is -1.15. The standard InChI is InChI=1S/C26H23ClN2O4/c27-19-12-10-18(11-13-19)24-23(25(32)28-15-14-17-6-2-1-3-7-17)20-8-4-5-9-21(20)26(33)29(24)16-22(30)31/h1-13,23-24H,14-16H2,(H,28,32)(H,30,31)/t23-,24+/m1/s1. The van der Waals surface area contributed by atoms with Gasteiger partial charge >= 0.3 is 5.97 Å². The number of amides is 2. The Kier molecular flexibility index (Phi) is 6.75. The molecule has 1 aliphatic rings. The van der Waals surface area contributed by atoms with E-state index >= 15 is 0 Å². The quantitative estimate of drug-likeness (QED) is 0.554. The Morgan fingerprint density at radius 2 is 1.61 bits per heavy atom. The largest absolute Gasteiger partial charge is 0.480 e. The Bertz CT molecular complexity index is 1160. The van der Waals surface area contributed by atoms with Gasteiger partial charge in [-0.1, -0.05) is 72.3 Å². The first kappa shape index (κ1) is 22.6. The van der Waals surface area contributed by atoms with Crippen molar-refractivity contribution in [2.75, 3.05) is 13.1 Å². The zero-order valence-electron chi connectivity index (χ0n) is 17.8. The number of rotatable bonds is 7. The predicted molar refractivity (Wildman–Crippen MR) is 125 cm³/mol. The van der Waals surface area contributed by atoms with Gasteiger partial charge in [0.15, 0.2) is 0 Å². The van der Waals surface area contributed by atoms with Crippen LogP contribution in [0.3, 0.4) is 0 Å². The van der Waals surface area contributed by atoms with Crippen LogP contribution in [0.5, 0.6) is 0 Å². The number of nitrogens with zero attached hydrogens (tertiary/aromatic N) is 1. The first-order valence-electron chi connectivity index (χ1n) is 10.6. The second-order valence-electron chi connectivity index (χ2n) is 7.91. The smallest absolute Gasteiger partial charge is 0.323 e. The number of hydrogen-bond acceptors (Lipinski definition) is 3. The van der Waals surface area contributed by atoms with Crippen LogP contribution in [-0.2, 0) is 16.0 Å². The van der Waals surface area contributed by atoms with E-state index < -0.39 is 30.4 Å². The molecule has 2 N–H and O–H groups in total. The summed E-state index contributed by atoms with van der Waals surface area (Å²) in [5.41, 5.74) is 2.67. The van der Waals surface area contributed by atoms with E-state index in [1.165, 1.54) is 4.90 Å². The van der Waals surface area contributed by atoms with E-state index in [1.807, 2.05) is 30.3 Å². The number of aliphatic carboxylic acids is 1. The average molecular weight is 463 g/mol. The lowest BCUT2D eigenvalue weighted by molar-refractivity contribution is -0.139. The fourth-order valence-electron chi connectivity index (χ4n) is 4.31.